The zero-order valence-electron chi connectivity index (χ0n) is 9.29. The average Bonchev–Trinajstić information content (AvgIpc) is 2.27. The molecule has 0 aliphatic carbocycles. The van der Waals surface area contributed by atoms with E-state index in [9.17, 15) is 21.9 Å². The first-order valence-corrected chi connectivity index (χ1v) is 7.70. The number of benzene rings is 1. The quantitative estimate of drug-likeness (QED) is 0.589. The standard InChI is InChI=1S/C8H8N2O7S2/c9-10-7-5-6(1-2-8(7)11)18(12,13)4-3-17-19(14,15)16/h1-2,5H,3-4H2,(H-,11,14,15,16)/p+1. The summed E-state index contributed by atoms with van der Waals surface area (Å²) in [6.07, 6.45) is 0. The fraction of sp³-hybridized carbons (Fsp3) is 0.250. The Bertz CT molecular complexity index is 718. The van der Waals surface area contributed by atoms with E-state index in [0.29, 0.717) is 0 Å². The van der Waals surface area contributed by atoms with Crippen LogP contribution in [0.15, 0.2) is 23.1 Å². The summed E-state index contributed by atoms with van der Waals surface area (Å²) in [5, 5.41) is 17.7. The first kappa shape index (κ1) is 15.3. The predicted molar refractivity (Wildman–Crippen MR) is 62.4 cm³/mol. The van der Waals surface area contributed by atoms with E-state index in [-0.39, 0.29) is 10.6 Å². The van der Waals surface area contributed by atoms with Crippen LogP contribution in [0, 0.1) is 5.39 Å². The van der Waals surface area contributed by atoms with Crippen LogP contribution in [-0.2, 0) is 24.4 Å². The van der Waals surface area contributed by atoms with E-state index in [0.717, 1.165) is 18.2 Å². The number of phenols is 1. The van der Waals surface area contributed by atoms with Gasteiger partial charge in [0.25, 0.3) is 0 Å². The van der Waals surface area contributed by atoms with Crippen LogP contribution in [0.2, 0.25) is 0 Å². The molecule has 0 atom stereocenters. The Hall–Kier alpha value is -1.74. The molecule has 0 aliphatic rings. The van der Waals surface area contributed by atoms with Gasteiger partial charge in [-0.05, 0) is 12.1 Å². The molecule has 0 fully saturated rings. The zero-order valence-corrected chi connectivity index (χ0v) is 10.9. The highest BCUT2D eigenvalue weighted by molar-refractivity contribution is 7.91. The van der Waals surface area contributed by atoms with Crippen LogP contribution >= 0.6 is 0 Å². The zero-order chi connectivity index (χ0) is 14.7. The molecule has 104 valence electrons. The average molecular weight is 309 g/mol. The van der Waals surface area contributed by atoms with E-state index in [4.69, 9.17) is 9.95 Å². The maximum atomic E-state index is 11.7. The number of aromatic hydroxyl groups is 1. The summed E-state index contributed by atoms with van der Waals surface area (Å²) in [5.41, 5.74) is -0.350. The van der Waals surface area contributed by atoms with Crippen molar-refractivity contribution in [2.45, 2.75) is 4.90 Å². The number of sulfone groups is 1. The summed E-state index contributed by atoms with van der Waals surface area (Å²) in [7, 11) is -8.63. The highest BCUT2D eigenvalue weighted by atomic mass is 32.3. The normalized spacial score (nSPS) is 12.0. The van der Waals surface area contributed by atoms with Gasteiger partial charge in [0, 0.05) is 0 Å². The van der Waals surface area contributed by atoms with Crippen molar-refractivity contribution < 1.29 is 30.7 Å². The monoisotopic (exact) mass is 309 g/mol. The summed E-state index contributed by atoms with van der Waals surface area (Å²) in [4.78, 5) is 2.39. The second-order valence-electron chi connectivity index (χ2n) is 3.32. The minimum atomic E-state index is -4.71. The third-order valence-corrected chi connectivity index (χ3v) is 4.14. The fourth-order valence-electron chi connectivity index (χ4n) is 1.14. The number of diazo groups is 1. The van der Waals surface area contributed by atoms with Gasteiger partial charge in [-0.15, -0.1) is 0 Å². The molecule has 0 amide bonds. The highest BCUT2D eigenvalue weighted by Crippen LogP contribution is 2.29. The molecule has 1 aromatic rings. The summed E-state index contributed by atoms with van der Waals surface area (Å²) in [6.45, 7) is -0.770. The molecule has 1 aromatic carbocycles. The third-order valence-electron chi connectivity index (χ3n) is 2.00. The summed E-state index contributed by atoms with van der Waals surface area (Å²) >= 11 is 0. The van der Waals surface area contributed by atoms with Crippen molar-refractivity contribution in [3.63, 3.8) is 0 Å². The van der Waals surface area contributed by atoms with Crippen LogP contribution in [0.1, 0.15) is 0 Å². The number of rotatable bonds is 5. The van der Waals surface area contributed by atoms with Gasteiger partial charge in [-0.25, -0.2) is 12.6 Å². The van der Waals surface area contributed by atoms with Crippen LogP contribution < -0.4 is 0 Å². The van der Waals surface area contributed by atoms with Gasteiger partial charge >= 0.3 is 16.1 Å². The first-order valence-electron chi connectivity index (χ1n) is 4.68. The Morgan fingerprint density at radius 1 is 1.26 bits per heavy atom. The molecular weight excluding hydrogens is 300 g/mol. The molecule has 0 aliphatic heterocycles. The highest BCUT2D eigenvalue weighted by Gasteiger charge is 2.22. The van der Waals surface area contributed by atoms with Gasteiger partial charge in [0.15, 0.2) is 14.8 Å². The predicted octanol–water partition coefficient (Wildman–Crippen LogP) is 0.470. The molecule has 0 spiro atoms. The van der Waals surface area contributed by atoms with Crippen molar-refractivity contribution in [1.82, 2.24) is 0 Å². The molecule has 0 saturated carbocycles. The van der Waals surface area contributed by atoms with Gasteiger partial charge in [-0.2, -0.15) is 8.42 Å². The van der Waals surface area contributed by atoms with Crippen LogP contribution in [0.5, 0.6) is 5.75 Å². The Morgan fingerprint density at radius 3 is 2.42 bits per heavy atom. The van der Waals surface area contributed by atoms with Gasteiger partial charge in [0.05, 0.1) is 23.3 Å². The topological polar surface area (TPSA) is 146 Å². The number of hydrogen-bond donors (Lipinski definition) is 2. The second-order valence-corrected chi connectivity index (χ2v) is 6.52. The number of nitrogens with zero attached hydrogens (tertiary/aromatic N) is 2. The minimum absolute atomic E-state index is 0.294. The van der Waals surface area contributed by atoms with E-state index < -0.39 is 38.3 Å². The molecule has 0 heterocycles. The third kappa shape index (κ3) is 4.45. The Morgan fingerprint density at radius 2 is 1.89 bits per heavy atom. The van der Waals surface area contributed by atoms with Crippen molar-refractivity contribution in [3.8, 4) is 5.75 Å². The maximum Gasteiger partial charge on any atom is 0.427 e. The van der Waals surface area contributed by atoms with Crippen LogP contribution in [-0.4, -0.2) is 38.9 Å². The van der Waals surface area contributed by atoms with Crippen LogP contribution in [0.4, 0.5) is 5.69 Å². The molecule has 1 rings (SSSR count). The van der Waals surface area contributed by atoms with Gasteiger partial charge in [-0.3, -0.25) is 4.55 Å². The summed E-state index contributed by atoms with van der Waals surface area (Å²) in [6, 6.07) is 2.95. The van der Waals surface area contributed by atoms with Gasteiger partial charge < -0.3 is 5.11 Å². The lowest BCUT2D eigenvalue weighted by Crippen LogP contribution is -2.15. The van der Waals surface area contributed by atoms with Gasteiger partial charge in [0.2, 0.25) is 11.1 Å². The van der Waals surface area contributed by atoms with E-state index in [1.807, 2.05) is 0 Å². The van der Waals surface area contributed by atoms with E-state index in [2.05, 4.69) is 9.16 Å². The van der Waals surface area contributed by atoms with E-state index >= 15 is 0 Å². The molecule has 11 heteroatoms. The molecule has 0 radical (unpaired) electrons. The Labute approximate surface area is 108 Å². The van der Waals surface area contributed by atoms with Crippen molar-refractivity contribution in [2.24, 2.45) is 0 Å². The number of hydrogen-bond acceptors (Lipinski definition) is 7. The second kappa shape index (κ2) is 5.49. The summed E-state index contributed by atoms with van der Waals surface area (Å²) in [5.74, 6) is -1.14. The molecule has 0 saturated heterocycles. The van der Waals surface area contributed by atoms with E-state index in [1.165, 1.54) is 0 Å². The molecule has 0 aromatic heterocycles. The molecule has 0 bridgehead atoms. The lowest BCUT2D eigenvalue weighted by molar-refractivity contribution is 0.284. The summed E-state index contributed by atoms with van der Waals surface area (Å²) < 4.78 is 56.2. The van der Waals surface area contributed by atoms with Crippen molar-refractivity contribution in [1.29, 1.82) is 5.39 Å². The van der Waals surface area contributed by atoms with E-state index in [1.54, 1.807) is 0 Å². The molecule has 9 nitrogen and oxygen atoms in total. The Kier molecular flexibility index (Phi) is 4.43. The van der Waals surface area contributed by atoms with Gasteiger partial charge in [0.1, 0.15) is 0 Å². The lowest BCUT2D eigenvalue weighted by atomic mass is 10.3. The minimum Gasteiger partial charge on any atom is -0.501 e. The Balaban J connectivity index is 2.93. The molecule has 19 heavy (non-hydrogen) atoms. The maximum absolute atomic E-state index is 11.7. The SMILES string of the molecule is N#[N+]c1cc(S(=O)(=O)CCOS(=O)(=O)O)ccc1O. The molecular formula is C8H9N2O7S2+. The fourth-order valence-corrected chi connectivity index (χ4v) is 2.65. The molecule has 2 N–H and O–H groups in total. The van der Waals surface area contributed by atoms with Gasteiger partial charge in [-0.1, -0.05) is 0 Å². The number of phenolic OH excluding ortho intramolecular Hbond substituents is 1. The molecule has 0 unspecified atom stereocenters. The first-order chi connectivity index (χ1) is 8.65. The van der Waals surface area contributed by atoms with Crippen molar-refractivity contribution in [2.75, 3.05) is 12.4 Å². The largest absolute Gasteiger partial charge is 0.501 e. The lowest BCUT2D eigenvalue weighted by Gasteiger charge is -2.03. The van der Waals surface area contributed by atoms with Crippen LogP contribution in [0.3, 0.4) is 0 Å². The van der Waals surface area contributed by atoms with Crippen LogP contribution in [0.25, 0.3) is 4.98 Å². The van der Waals surface area contributed by atoms with Crippen molar-refractivity contribution >= 4 is 25.9 Å². The van der Waals surface area contributed by atoms with Crippen molar-refractivity contribution in [3.05, 3.63) is 23.2 Å². The smallest absolute Gasteiger partial charge is 0.427 e.